The van der Waals surface area contributed by atoms with E-state index in [1.54, 1.807) is 6.07 Å². The quantitative estimate of drug-likeness (QED) is 0.787. The molecule has 0 aromatic heterocycles. The van der Waals surface area contributed by atoms with Crippen molar-refractivity contribution in [1.82, 2.24) is 0 Å². The zero-order valence-corrected chi connectivity index (χ0v) is 11.9. The Hall–Kier alpha value is -1.23. The van der Waals surface area contributed by atoms with Crippen LogP contribution in [0.5, 0.6) is 0 Å². The molecule has 0 saturated carbocycles. The van der Waals surface area contributed by atoms with E-state index in [9.17, 15) is 9.18 Å². The molecule has 5 heteroatoms. The maximum Gasteiger partial charge on any atom is 0.224 e. The summed E-state index contributed by atoms with van der Waals surface area (Å²) in [6.45, 7) is 2.88. The van der Waals surface area contributed by atoms with Crippen molar-refractivity contribution in [2.24, 2.45) is 0 Å². The Kier molecular flexibility index (Phi) is 5.07. The van der Waals surface area contributed by atoms with Crippen molar-refractivity contribution in [1.29, 1.82) is 0 Å². The van der Waals surface area contributed by atoms with Gasteiger partial charge in [-0.2, -0.15) is 11.8 Å². The normalized spacial score (nSPS) is 13.9. The number of rotatable bonds is 6. The molecular formula is C14H19FN2OS. The Bertz CT molecular complexity index is 465. The Morgan fingerprint density at radius 1 is 1.42 bits per heavy atom. The molecule has 3 nitrogen and oxygen atoms in total. The van der Waals surface area contributed by atoms with Gasteiger partial charge in [0.25, 0.3) is 0 Å². The second-order valence-electron chi connectivity index (χ2n) is 4.51. The molecule has 0 radical (unpaired) electrons. The number of anilines is 2. The largest absolute Gasteiger partial charge is 0.383 e. The van der Waals surface area contributed by atoms with E-state index >= 15 is 0 Å². The highest BCUT2D eigenvalue weighted by molar-refractivity contribution is 7.99. The number of benzene rings is 1. The Morgan fingerprint density at radius 2 is 2.26 bits per heavy atom. The summed E-state index contributed by atoms with van der Waals surface area (Å²) in [6, 6.07) is 3.23. The van der Waals surface area contributed by atoms with Gasteiger partial charge in [-0.15, -0.1) is 0 Å². The lowest BCUT2D eigenvalue weighted by Crippen LogP contribution is -2.19. The molecule has 1 amide bonds. The van der Waals surface area contributed by atoms with Crippen molar-refractivity contribution < 1.29 is 9.18 Å². The smallest absolute Gasteiger partial charge is 0.224 e. The van der Waals surface area contributed by atoms with Crippen molar-refractivity contribution in [3.8, 4) is 0 Å². The third-order valence-electron chi connectivity index (χ3n) is 3.07. The van der Waals surface area contributed by atoms with Crippen molar-refractivity contribution >= 4 is 29.0 Å². The van der Waals surface area contributed by atoms with Gasteiger partial charge in [-0.3, -0.25) is 4.79 Å². The number of thioether (sulfide) groups is 1. The van der Waals surface area contributed by atoms with Crippen LogP contribution < -0.4 is 10.6 Å². The first kappa shape index (κ1) is 14.2. The second-order valence-corrected chi connectivity index (χ2v) is 5.91. The average molecular weight is 282 g/mol. The van der Waals surface area contributed by atoms with Crippen LogP contribution in [0.15, 0.2) is 12.1 Å². The number of aryl methyl sites for hydroxylation is 1. The molecule has 104 valence electrons. The molecule has 0 aliphatic carbocycles. The van der Waals surface area contributed by atoms with Crippen LogP contribution in [0.1, 0.15) is 25.3 Å². The fourth-order valence-corrected chi connectivity index (χ4v) is 2.71. The van der Waals surface area contributed by atoms with E-state index in [0.29, 0.717) is 18.5 Å². The fraction of sp³-hybridized carbons (Fsp3) is 0.500. The summed E-state index contributed by atoms with van der Waals surface area (Å²) >= 11 is 1.88. The lowest BCUT2D eigenvalue weighted by Gasteiger charge is -2.18. The van der Waals surface area contributed by atoms with E-state index in [0.717, 1.165) is 35.7 Å². The van der Waals surface area contributed by atoms with Gasteiger partial charge in [-0.1, -0.05) is 6.92 Å². The average Bonchev–Trinajstić information content (AvgIpc) is 2.39. The van der Waals surface area contributed by atoms with Crippen molar-refractivity contribution in [2.75, 3.05) is 28.7 Å². The molecule has 1 aromatic rings. The van der Waals surface area contributed by atoms with Crippen LogP contribution in [0.3, 0.4) is 0 Å². The van der Waals surface area contributed by atoms with Crippen molar-refractivity contribution in [2.45, 2.75) is 26.2 Å². The lowest BCUT2D eigenvalue weighted by atomic mass is 10.0. The van der Waals surface area contributed by atoms with Gasteiger partial charge in [0.05, 0.1) is 5.69 Å². The van der Waals surface area contributed by atoms with Crippen LogP contribution in [0.25, 0.3) is 0 Å². The van der Waals surface area contributed by atoms with Crippen LogP contribution in [0.4, 0.5) is 15.8 Å². The van der Waals surface area contributed by atoms with E-state index in [1.807, 2.05) is 11.8 Å². The van der Waals surface area contributed by atoms with Crippen LogP contribution in [-0.2, 0) is 11.2 Å². The van der Waals surface area contributed by atoms with E-state index in [4.69, 9.17) is 0 Å². The summed E-state index contributed by atoms with van der Waals surface area (Å²) in [4.78, 5) is 11.3. The van der Waals surface area contributed by atoms with Gasteiger partial charge in [-0.05, 0) is 42.0 Å². The summed E-state index contributed by atoms with van der Waals surface area (Å²) in [5.41, 5.74) is 2.09. The summed E-state index contributed by atoms with van der Waals surface area (Å²) in [7, 11) is 0. The molecule has 0 bridgehead atoms. The predicted octanol–water partition coefficient (Wildman–Crippen LogP) is 3.27. The molecule has 1 aliphatic heterocycles. The van der Waals surface area contributed by atoms with Gasteiger partial charge < -0.3 is 10.6 Å². The van der Waals surface area contributed by atoms with Crippen LogP contribution in [0, 0.1) is 5.82 Å². The van der Waals surface area contributed by atoms with E-state index in [-0.39, 0.29) is 11.7 Å². The Morgan fingerprint density at radius 3 is 3.05 bits per heavy atom. The summed E-state index contributed by atoms with van der Waals surface area (Å²) in [6.07, 6.45) is 2.06. The summed E-state index contributed by atoms with van der Waals surface area (Å²) in [5, 5.41) is 5.89. The highest BCUT2D eigenvalue weighted by Crippen LogP contribution is 2.28. The molecule has 19 heavy (non-hydrogen) atoms. The van der Waals surface area contributed by atoms with Gasteiger partial charge >= 0.3 is 0 Å². The number of nitrogens with one attached hydrogen (secondary N) is 2. The molecule has 0 atom stereocenters. The number of hydrogen-bond donors (Lipinski definition) is 2. The monoisotopic (exact) mass is 282 g/mol. The molecule has 1 heterocycles. The Balaban J connectivity index is 1.97. The van der Waals surface area contributed by atoms with Gasteiger partial charge in [0.2, 0.25) is 5.91 Å². The minimum Gasteiger partial charge on any atom is -0.383 e. The van der Waals surface area contributed by atoms with Crippen LogP contribution >= 0.6 is 11.8 Å². The molecule has 2 N–H and O–H groups in total. The molecule has 2 rings (SSSR count). The zero-order chi connectivity index (χ0) is 13.7. The first-order chi connectivity index (χ1) is 9.20. The van der Waals surface area contributed by atoms with Crippen LogP contribution in [0.2, 0.25) is 0 Å². The molecule has 1 aromatic carbocycles. The van der Waals surface area contributed by atoms with Gasteiger partial charge in [0.15, 0.2) is 0 Å². The molecule has 0 unspecified atom stereocenters. The topological polar surface area (TPSA) is 41.1 Å². The minimum atomic E-state index is -0.238. The number of halogens is 1. The molecule has 1 aliphatic rings. The third kappa shape index (κ3) is 3.86. The van der Waals surface area contributed by atoms with E-state index in [1.165, 1.54) is 6.07 Å². The minimum absolute atomic E-state index is 0.00408. The number of hydrogen-bond acceptors (Lipinski definition) is 3. The van der Waals surface area contributed by atoms with Gasteiger partial charge in [0, 0.05) is 18.7 Å². The number of amides is 1. The third-order valence-corrected chi connectivity index (χ3v) is 4.06. The first-order valence-electron chi connectivity index (χ1n) is 6.64. The van der Waals surface area contributed by atoms with Crippen molar-refractivity contribution in [3.05, 3.63) is 23.5 Å². The first-order valence-corrected chi connectivity index (χ1v) is 7.80. The van der Waals surface area contributed by atoms with Crippen LogP contribution in [-0.4, -0.2) is 24.0 Å². The molecule has 0 spiro atoms. The van der Waals surface area contributed by atoms with E-state index < -0.39 is 0 Å². The zero-order valence-electron chi connectivity index (χ0n) is 11.1. The Labute approximate surface area is 117 Å². The number of carbonyl (C=O) groups excluding carboxylic acids is 1. The molecular weight excluding hydrogens is 263 g/mol. The summed E-state index contributed by atoms with van der Waals surface area (Å²) in [5.74, 6) is 1.95. The maximum atomic E-state index is 13.9. The predicted molar refractivity (Wildman–Crippen MR) is 79.5 cm³/mol. The number of fused-ring (bicyclic) bond motifs is 1. The summed E-state index contributed by atoms with van der Waals surface area (Å²) < 4.78 is 13.9. The number of carbonyl (C=O) groups is 1. The van der Waals surface area contributed by atoms with E-state index in [2.05, 4.69) is 17.6 Å². The second kappa shape index (κ2) is 6.80. The SMILES string of the molecule is CCSCCCNc1cc2c(cc1F)CCC(=O)N2. The fourth-order valence-electron chi connectivity index (χ4n) is 2.08. The maximum absolute atomic E-state index is 13.9. The lowest BCUT2D eigenvalue weighted by molar-refractivity contribution is -0.116. The van der Waals surface area contributed by atoms with Gasteiger partial charge in [-0.25, -0.2) is 4.39 Å². The standard InChI is InChI=1S/C14H19FN2OS/c1-2-19-7-3-6-16-13-9-12-10(8-11(13)15)4-5-14(18)17-12/h8-9,16H,2-7H2,1H3,(H,17,18). The van der Waals surface area contributed by atoms with Crippen molar-refractivity contribution in [3.63, 3.8) is 0 Å². The molecule has 0 saturated heterocycles. The highest BCUT2D eigenvalue weighted by Gasteiger charge is 2.17. The highest BCUT2D eigenvalue weighted by atomic mass is 32.2. The van der Waals surface area contributed by atoms with Gasteiger partial charge in [0.1, 0.15) is 5.82 Å². The molecule has 0 fully saturated rings.